The zero-order valence-corrected chi connectivity index (χ0v) is 10.5. The molecule has 0 aliphatic carbocycles. The van der Waals surface area contributed by atoms with Crippen LogP contribution in [-0.2, 0) is 6.42 Å². The molecule has 0 bridgehead atoms. The summed E-state index contributed by atoms with van der Waals surface area (Å²) in [5.41, 5.74) is 1.11. The van der Waals surface area contributed by atoms with E-state index in [0.29, 0.717) is 10.7 Å². The van der Waals surface area contributed by atoms with E-state index >= 15 is 0 Å². The van der Waals surface area contributed by atoms with Crippen LogP contribution in [0.5, 0.6) is 0 Å². The van der Waals surface area contributed by atoms with E-state index in [1.165, 1.54) is 22.9 Å². The minimum Gasteiger partial charge on any atom is -0.217 e. The largest absolute Gasteiger partial charge is 0.217 e. The third-order valence-electron chi connectivity index (χ3n) is 2.05. The molecule has 0 saturated carbocycles. The van der Waals surface area contributed by atoms with E-state index in [9.17, 15) is 4.39 Å². The van der Waals surface area contributed by atoms with Gasteiger partial charge in [-0.05, 0) is 18.2 Å². The summed E-state index contributed by atoms with van der Waals surface area (Å²) in [7, 11) is 0. The predicted molar refractivity (Wildman–Crippen MR) is 63.8 cm³/mol. The van der Waals surface area contributed by atoms with Crippen LogP contribution in [0.25, 0.3) is 5.69 Å². The van der Waals surface area contributed by atoms with E-state index in [0.717, 1.165) is 17.4 Å². The molecule has 3 nitrogen and oxygen atoms in total. The predicted octanol–water partition coefficient (Wildman–Crippen LogP) is 3.00. The number of aromatic nitrogens is 3. The smallest absolute Gasteiger partial charge is 0.149 e. The van der Waals surface area contributed by atoms with E-state index < -0.39 is 0 Å². The molecule has 84 valence electrons. The zero-order chi connectivity index (χ0) is 11.5. The van der Waals surface area contributed by atoms with Gasteiger partial charge in [-0.2, -0.15) is 0 Å². The molecular formula is C10H8BrClFN3. The van der Waals surface area contributed by atoms with Crippen molar-refractivity contribution in [2.24, 2.45) is 0 Å². The number of nitrogens with zero attached hydrogens (tertiary/aromatic N) is 3. The Hall–Kier alpha value is -0.940. The molecule has 0 saturated heterocycles. The minimum absolute atomic E-state index is 0.306. The van der Waals surface area contributed by atoms with Gasteiger partial charge in [0.05, 0.1) is 11.9 Å². The Bertz CT molecular complexity index is 501. The molecule has 1 heterocycles. The number of benzene rings is 1. The van der Waals surface area contributed by atoms with Crippen molar-refractivity contribution in [3.8, 4) is 5.69 Å². The average Bonchev–Trinajstić information content (AvgIpc) is 2.71. The lowest BCUT2D eigenvalue weighted by Gasteiger charge is -2.01. The van der Waals surface area contributed by atoms with E-state index in [2.05, 4.69) is 26.2 Å². The SMILES string of the molecule is Fc1ccc(Cl)cc1-n1cc(CCBr)nn1. The Morgan fingerprint density at radius 1 is 1.44 bits per heavy atom. The van der Waals surface area contributed by atoms with Crippen LogP contribution in [0.15, 0.2) is 24.4 Å². The number of alkyl halides is 1. The van der Waals surface area contributed by atoms with Crippen molar-refractivity contribution >= 4 is 27.5 Å². The van der Waals surface area contributed by atoms with Crippen molar-refractivity contribution < 1.29 is 4.39 Å². The number of aryl methyl sites for hydroxylation is 1. The summed E-state index contributed by atoms with van der Waals surface area (Å²) in [6.45, 7) is 0. The Labute approximate surface area is 105 Å². The fourth-order valence-corrected chi connectivity index (χ4v) is 1.86. The van der Waals surface area contributed by atoms with E-state index in [1.807, 2.05) is 0 Å². The van der Waals surface area contributed by atoms with Gasteiger partial charge in [-0.15, -0.1) is 5.10 Å². The molecule has 2 aromatic rings. The first-order valence-electron chi connectivity index (χ1n) is 4.63. The van der Waals surface area contributed by atoms with Crippen molar-refractivity contribution in [1.82, 2.24) is 15.0 Å². The summed E-state index contributed by atoms with van der Waals surface area (Å²) in [4.78, 5) is 0. The van der Waals surface area contributed by atoms with E-state index in [1.54, 1.807) is 6.20 Å². The lowest BCUT2D eigenvalue weighted by molar-refractivity contribution is 0.607. The molecule has 0 radical (unpaired) electrons. The average molecular weight is 305 g/mol. The second-order valence-corrected chi connectivity index (χ2v) is 4.42. The van der Waals surface area contributed by atoms with Gasteiger partial charge in [0.2, 0.25) is 0 Å². The molecule has 0 unspecified atom stereocenters. The van der Waals surface area contributed by atoms with Crippen LogP contribution in [0, 0.1) is 5.82 Å². The van der Waals surface area contributed by atoms with Crippen molar-refractivity contribution in [1.29, 1.82) is 0 Å². The highest BCUT2D eigenvalue weighted by Crippen LogP contribution is 2.18. The first-order valence-corrected chi connectivity index (χ1v) is 6.13. The van der Waals surface area contributed by atoms with Crippen LogP contribution >= 0.6 is 27.5 Å². The van der Waals surface area contributed by atoms with E-state index in [4.69, 9.17) is 11.6 Å². The van der Waals surface area contributed by atoms with Gasteiger partial charge >= 0.3 is 0 Å². The topological polar surface area (TPSA) is 30.7 Å². The van der Waals surface area contributed by atoms with Gasteiger partial charge in [-0.1, -0.05) is 32.7 Å². The maximum atomic E-state index is 13.5. The van der Waals surface area contributed by atoms with Crippen molar-refractivity contribution in [2.75, 3.05) is 5.33 Å². The summed E-state index contributed by atoms with van der Waals surface area (Å²) < 4.78 is 14.9. The maximum Gasteiger partial charge on any atom is 0.149 e. The van der Waals surface area contributed by atoms with Gasteiger partial charge in [-0.25, -0.2) is 9.07 Å². The van der Waals surface area contributed by atoms with Crippen LogP contribution in [0.2, 0.25) is 5.02 Å². The summed E-state index contributed by atoms with van der Waals surface area (Å²) in [5, 5.41) is 9.04. The van der Waals surface area contributed by atoms with Gasteiger partial charge in [0.25, 0.3) is 0 Å². The lowest BCUT2D eigenvalue weighted by atomic mass is 10.3. The lowest BCUT2D eigenvalue weighted by Crippen LogP contribution is -1.98. The molecule has 2 rings (SSSR count). The zero-order valence-electron chi connectivity index (χ0n) is 8.20. The molecule has 16 heavy (non-hydrogen) atoms. The summed E-state index contributed by atoms with van der Waals surface area (Å²) in [6, 6.07) is 4.32. The quantitative estimate of drug-likeness (QED) is 0.816. The van der Waals surface area contributed by atoms with Crippen molar-refractivity contribution in [2.45, 2.75) is 6.42 Å². The fourth-order valence-electron chi connectivity index (χ4n) is 1.29. The molecular weight excluding hydrogens is 296 g/mol. The minimum atomic E-state index is -0.375. The summed E-state index contributed by atoms with van der Waals surface area (Å²) in [6.07, 6.45) is 2.44. The van der Waals surface area contributed by atoms with Crippen LogP contribution in [0.1, 0.15) is 5.69 Å². The van der Waals surface area contributed by atoms with Gasteiger partial charge < -0.3 is 0 Å². The highest BCUT2D eigenvalue weighted by atomic mass is 79.9. The van der Waals surface area contributed by atoms with Gasteiger partial charge in [0.1, 0.15) is 11.5 Å². The molecule has 1 aromatic heterocycles. The molecule has 0 spiro atoms. The van der Waals surface area contributed by atoms with Crippen molar-refractivity contribution in [3.05, 3.63) is 40.9 Å². The number of halogens is 3. The second-order valence-electron chi connectivity index (χ2n) is 3.19. The molecule has 6 heteroatoms. The Morgan fingerprint density at radius 3 is 3.00 bits per heavy atom. The Balaban J connectivity index is 2.38. The summed E-state index contributed by atoms with van der Waals surface area (Å²) >= 11 is 9.10. The maximum absolute atomic E-state index is 13.5. The third-order valence-corrected chi connectivity index (χ3v) is 2.68. The monoisotopic (exact) mass is 303 g/mol. The number of hydrogen-bond donors (Lipinski definition) is 0. The highest BCUT2D eigenvalue weighted by Gasteiger charge is 2.08. The van der Waals surface area contributed by atoms with Crippen LogP contribution in [0.4, 0.5) is 4.39 Å². The molecule has 1 aromatic carbocycles. The summed E-state index contributed by atoms with van der Waals surface area (Å²) in [5.74, 6) is -0.375. The molecule has 0 fully saturated rings. The first-order chi connectivity index (χ1) is 7.70. The highest BCUT2D eigenvalue weighted by molar-refractivity contribution is 9.09. The normalized spacial score (nSPS) is 10.7. The molecule has 0 aliphatic rings. The Kier molecular flexibility index (Phi) is 3.56. The molecule has 0 aliphatic heterocycles. The first kappa shape index (κ1) is 11.5. The standard InChI is InChI=1S/C10H8BrClFN3/c11-4-3-8-6-16(15-14-8)10-5-7(12)1-2-9(10)13/h1-2,5-6H,3-4H2. The molecule has 0 amide bonds. The number of hydrogen-bond acceptors (Lipinski definition) is 2. The van der Waals surface area contributed by atoms with Crippen molar-refractivity contribution in [3.63, 3.8) is 0 Å². The molecule has 0 N–H and O–H groups in total. The van der Waals surface area contributed by atoms with Crippen LogP contribution in [-0.4, -0.2) is 20.3 Å². The van der Waals surface area contributed by atoms with Crippen LogP contribution in [0.3, 0.4) is 0 Å². The fraction of sp³-hybridized carbons (Fsp3) is 0.200. The number of rotatable bonds is 3. The Morgan fingerprint density at radius 2 is 2.25 bits per heavy atom. The molecule has 0 atom stereocenters. The van der Waals surface area contributed by atoms with Gasteiger partial charge in [-0.3, -0.25) is 0 Å². The van der Waals surface area contributed by atoms with Gasteiger partial charge in [0, 0.05) is 16.8 Å². The van der Waals surface area contributed by atoms with E-state index in [-0.39, 0.29) is 5.82 Å². The third kappa shape index (κ3) is 2.41. The van der Waals surface area contributed by atoms with Gasteiger partial charge in [0.15, 0.2) is 0 Å². The second kappa shape index (κ2) is 4.93. The van der Waals surface area contributed by atoms with Crippen LogP contribution < -0.4 is 0 Å².